The first-order valence-electron chi connectivity index (χ1n) is 6.46. The second-order valence-corrected chi connectivity index (χ2v) is 4.52. The van der Waals surface area contributed by atoms with Gasteiger partial charge in [-0.3, -0.25) is 4.98 Å². The van der Waals surface area contributed by atoms with Gasteiger partial charge in [0.25, 0.3) is 0 Å². The van der Waals surface area contributed by atoms with E-state index in [9.17, 15) is 0 Å². The molecule has 0 bridgehead atoms. The molecule has 0 aliphatic heterocycles. The molecule has 3 aromatic rings. The van der Waals surface area contributed by atoms with E-state index >= 15 is 0 Å². The number of nitrogens with zero attached hydrogens (tertiary/aromatic N) is 1. The highest BCUT2D eigenvalue weighted by Crippen LogP contribution is 2.35. The van der Waals surface area contributed by atoms with Crippen LogP contribution < -0.4 is 0 Å². The van der Waals surface area contributed by atoms with E-state index < -0.39 is 0 Å². The van der Waals surface area contributed by atoms with Gasteiger partial charge in [0.15, 0.2) is 0 Å². The molecule has 1 aliphatic carbocycles. The minimum atomic E-state index is 1.10. The van der Waals surface area contributed by atoms with Crippen LogP contribution in [0.5, 0.6) is 0 Å². The largest absolute Gasteiger partial charge is 0.265 e. The van der Waals surface area contributed by atoms with Crippen molar-refractivity contribution in [2.24, 2.45) is 0 Å². The lowest BCUT2D eigenvalue weighted by molar-refractivity contribution is 1.26. The van der Waals surface area contributed by atoms with Crippen molar-refractivity contribution in [3.05, 3.63) is 90.3 Å². The normalized spacial score (nSPS) is 10.9. The van der Waals surface area contributed by atoms with Crippen LogP contribution in [0.3, 0.4) is 0 Å². The van der Waals surface area contributed by atoms with Crippen molar-refractivity contribution < 1.29 is 0 Å². The van der Waals surface area contributed by atoms with E-state index in [0.717, 1.165) is 6.42 Å². The van der Waals surface area contributed by atoms with E-state index in [4.69, 9.17) is 0 Å². The summed E-state index contributed by atoms with van der Waals surface area (Å²) in [6.45, 7) is 0. The highest BCUT2D eigenvalue weighted by molar-refractivity contribution is 5.76. The van der Waals surface area contributed by atoms with Crippen LogP contribution in [0.15, 0.2) is 79.1 Å². The van der Waals surface area contributed by atoms with E-state index in [1.165, 1.54) is 22.3 Å². The summed E-state index contributed by atoms with van der Waals surface area (Å²) in [4.78, 5) is 3.78. The molecule has 0 unspecified atom stereocenters. The molecule has 0 fully saturated rings. The van der Waals surface area contributed by atoms with E-state index in [2.05, 4.69) is 53.5 Å². The third kappa shape index (κ3) is 2.55. The van der Waals surface area contributed by atoms with Gasteiger partial charge in [0.05, 0.1) is 0 Å². The van der Waals surface area contributed by atoms with E-state index in [1.807, 2.05) is 18.2 Å². The first kappa shape index (κ1) is 11.7. The molecule has 1 aromatic heterocycles. The summed E-state index contributed by atoms with van der Waals surface area (Å²) in [6, 6.07) is 23.0. The van der Waals surface area contributed by atoms with Crippen molar-refractivity contribution in [1.82, 2.24) is 4.98 Å². The topological polar surface area (TPSA) is 12.9 Å². The molecular formula is C18H15N. The van der Waals surface area contributed by atoms with E-state index in [-0.39, 0.29) is 0 Å². The fourth-order valence-corrected chi connectivity index (χ4v) is 2.39. The molecule has 0 saturated heterocycles. The fraction of sp³-hybridized carbons (Fsp3) is 0.0556. The van der Waals surface area contributed by atoms with Gasteiger partial charge in [0, 0.05) is 12.4 Å². The Labute approximate surface area is 113 Å². The third-order valence-electron chi connectivity index (χ3n) is 3.27. The van der Waals surface area contributed by atoms with E-state index in [1.54, 1.807) is 12.4 Å². The van der Waals surface area contributed by atoms with Gasteiger partial charge in [-0.25, -0.2) is 0 Å². The quantitative estimate of drug-likeness (QED) is 0.449. The summed E-state index contributed by atoms with van der Waals surface area (Å²) in [5.74, 6) is 0. The third-order valence-corrected chi connectivity index (χ3v) is 3.27. The Morgan fingerprint density at radius 2 is 1.11 bits per heavy atom. The van der Waals surface area contributed by atoms with E-state index in [0.29, 0.717) is 0 Å². The molecule has 0 atom stereocenters. The Kier molecular flexibility index (Phi) is 3.37. The lowest BCUT2D eigenvalue weighted by atomic mass is 10.1. The molecule has 0 N–H and O–H groups in total. The van der Waals surface area contributed by atoms with Crippen molar-refractivity contribution >= 4 is 0 Å². The van der Waals surface area contributed by atoms with Crippen LogP contribution in [0, 0.1) is 0 Å². The Morgan fingerprint density at radius 3 is 1.53 bits per heavy atom. The minimum absolute atomic E-state index is 1.10. The molecule has 92 valence electrons. The monoisotopic (exact) mass is 245 g/mol. The summed E-state index contributed by atoms with van der Waals surface area (Å²) in [5, 5.41) is 0. The highest BCUT2D eigenvalue weighted by atomic mass is 14.6. The lowest BCUT2D eigenvalue weighted by Crippen LogP contribution is -1.77. The van der Waals surface area contributed by atoms with Crippen LogP contribution in [0.25, 0.3) is 11.1 Å². The van der Waals surface area contributed by atoms with Crippen molar-refractivity contribution in [2.45, 2.75) is 6.42 Å². The van der Waals surface area contributed by atoms with Crippen molar-refractivity contribution in [2.75, 3.05) is 0 Å². The van der Waals surface area contributed by atoms with Gasteiger partial charge >= 0.3 is 0 Å². The highest BCUT2D eigenvalue weighted by Gasteiger charge is 2.15. The molecule has 1 heterocycles. The first-order chi connectivity index (χ1) is 9.45. The smallest absolute Gasteiger partial charge is 0.0267 e. The average Bonchev–Trinajstić information content (AvgIpc) is 2.88. The molecule has 4 rings (SSSR count). The summed E-state index contributed by atoms with van der Waals surface area (Å²) in [7, 11) is 0. The second-order valence-electron chi connectivity index (χ2n) is 4.52. The molecule has 2 aromatic carbocycles. The maximum Gasteiger partial charge on any atom is 0.0267 e. The van der Waals surface area contributed by atoms with Crippen LogP contribution >= 0.6 is 0 Å². The SMILES string of the molecule is c1ccc2c(c1)Cc1ccccc1-2.c1ccncc1. The minimum Gasteiger partial charge on any atom is -0.265 e. The number of hydrogen-bond donors (Lipinski definition) is 0. The standard InChI is InChI=1S/C13H10.C5H5N/c1-3-7-12-10(5-1)9-11-6-2-4-8-13(11)12;1-2-4-6-5-3-1/h1-8H,9H2;1-5H. The van der Waals surface area contributed by atoms with Crippen LogP contribution in [-0.4, -0.2) is 4.98 Å². The van der Waals surface area contributed by atoms with Crippen molar-refractivity contribution in [3.8, 4) is 11.1 Å². The predicted molar refractivity (Wildman–Crippen MR) is 78.9 cm³/mol. The molecular weight excluding hydrogens is 230 g/mol. The van der Waals surface area contributed by atoms with Crippen LogP contribution in [0.4, 0.5) is 0 Å². The van der Waals surface area contributed by atoms with Gasteiger partial charge in [-0.15, -0.1) is 0 Å². The fourth-order valence-electron chi connectivity index (χ4n) is 2.39. The first-order valence-corrected chi connectivity index (χ1v) is 6.46. The van der Waals surface area contributed by atoms with Gasteiger partial charge in [0.2, 0.25) is 0 Å². The van der Waals surface area contributed by atoms with Crippen LogP contribution in [0.2, 0.25) is 0 Å². The maximum atomic E-state index is 3.78. The molecule has 1 nitrogen and oxygen atoms in total. The van der Waals surface area contributed by atoms with Crippen LogP contribution in [-0.2, 0) is 6.42 Å². The van der Waals surface area contributed by atoms with Gasteiger partial charge in [-0.05, 0) is 40.8 Å². The Balaban J connectivity index is 0.000000155. The molecule has 1 heteroatoms. The zero-order valence-corrected chi connectivity index (χ0v) is 10.7. The number of pyridine rings is 1. The van der Waals surface area contributed by atoms with Crippen molar-refractivity contribution in [3.63, 3.8) is 0 Å². The summed E-state index contributed by atoms with van der Waals surface area (Å²) in [5.41, 5.74) is 5.75. The number of rotatable bonds is 0. The summed E-state index contributed by atoms with van der Waals surface area (Å²) >= 11 is 0. The Hall–Kier alpha value is -2.41. The molecule has 0 saturated carbocycles. The Bertz CT molecular complexity index is 589. The summed E-state index contributed by atoms with van der Waals surface area (Å²) < 4.78 is 0. The molecule has 1 aliphatic rings. The lowest BCUT2D eigenvalue weighted by Gasteiger charge is -1.98. The van der Waals surface area contributed by atoms with Gasteiger partial charge < -0.3 is 0 Å². The second kappa shape index (κ2) is 5.49. The summed E-state index contributed by atoms with van der Waals surface area (Å²) in [6.07, 6.45) is 4.60. The number of aromatic nitrogens is 1. The van der Waals surface area contributed by atoms with Crippen molar-refractivity contribution in [1.29, 1.82) is 0 Å². The van der Waals surface area contributed by atoms with Crippen LogP contribution in [0.1, 0.15) is 11.1 Å². The maximum absolute atomic E-state index is 3.78. The average molecular weight is 245 g/mol. The predicted octanol–water partition coefficient (Wildman–Crippen LogP) is 4.34. The molecule has 0 amide bonds. The van der Waals surface area contributed by atoms with Gasteiger partial charge in [-0.1, -0.05) is 54.6 Å². The number of hydrogen-bond acceptors (Lipinski definition) is 1. The zero-order valence-electron chi connectivity index (χ0n) is 10.7. The number of fused-ring (bicyclic) bond motifs is 3. The molecule has 0 radical (unpaired) electrons. The van der Waals surface area contributed by atoms with Gasteiger partial charge in [-0.2, -0.15) is 0 Å². The Morgan fingerprint density at radius 1 is 0.579 bits per heavy atom. The molecule has 0 spiro atoms. The number of benzene rings is 2. The van der Waals surface area contributed by atoms with Gasteiger partial charge in [0.1, 0.15) is 0 Å². The zero-order chi connectivity index (χ0) is 12.9. The molecule has 19 heavy (non-hydrogen) atoms.